The molecule has 0 aliphatic carbocycles. The molecule has 0 aliphatic rings. The van der Waals surface area contributed by atoms with Gasteiger partial charge in [0.05, 0.1) is 32.0 Å². The summed E-state index contributed by atoms with van der Waals surface area (Å²) in [5.41, 5.74) is 8.66. The fourth-order valence-corrected chi connectivity index (χ4v) is 3.34. The molecule has 0 unspecified atom stereocenters. The third kappa shape index (κ3) is 5.74. The summed E-state index contributed by atoms with van der Waals surface area (Å²) in [6.45, 7) is 0.347. The highest BCUT2D eigenvalue weighted by Gasteiger charge is 2.25. The number of H-pyrrole nitrogens is 1. The van der Waals surface area contributed by atoms with Crippen LogP contribution in [-0.2, 0) is 40.7 Å². The van der Waals surface area contributed by atoms with Gasteiger partial charge in [-0.2, -0.15) is 9.59 Å². The number of aliphatic hydroxyl groups is 3. The summed E-state index contributed by atoms with van der Waals surface area (Å²) in [7, 11) is 1.25. The maximum Gasteiger partial charge on any atom is 0.373 e. The Morgan fingerprint density at radius 3 is 2.33 bits per heavy atom. The number of nitrogens with one attached hydrogen (secondary N) is 2. The van der Waals surface area contributed by atoms with Gasteiger partial charge in [0.25, 0.3) is 0 Å². The minimum Gasteiger partial charge on any atom is -0.464 e. The smallest absolute Gasteiger partial charge is 0.373 e. The number of hydrogen-bond acceptors (Lipinski definition) is 9. The van der Waals surface area contributed by atoms with Crippen LogP contribution in [0.15, 0.2) is 12.1 Å². The van der Waals surface area contributed by atoms with Gasteiger partial charge in [0, 0.05) is 30.9 Å². The molecule has 0 saturated carbocycles. The number of hydrogen-bond donors (Lipinski definition) is 6. The number of halogens is 1. The van der Waals surface area contributed by atoms with Gasteiger partial charge in [0.1, 0.15) is 5.69 Å². The van der Waals surface area contributed by atoms with Gasteiger partial charge in [-0.15, -0.1) is 0 Å². The molecule has 0 saturated heterocycles. The zero-order valence-electron chi connectivity index (χ0n) is 16.3. The van der Waals surface area contributed by atoms with E-state index in [9.17, 15) is 20.1 Å². The standard InChI is InChI=1S/C18H24ClN3O5.CO2/c1-27-18(26)17-16(19)15(14(22-17)6-21-5-4-20)11-3-2-10(7-23)12(8-24)13(11)9-25;2-1-3/h2-3,21-25H,4-9,20H2,1H3;. The summed E-state index contributed by atoms with van der Waals surface area (Å²) in [5.74, 6) is -0.619. The first kappa shape index (κ1) is 25.5. The zero-order chi connectivity index (χ0) is 22.7. The van der Waals surface area contributed by atoms with Crippen LogP contribution in [0.5, 0.6) is 0 Å². The Morgan fingerprint density at radius 1 is 1.20 bits per heavy atom. The fraction of sp³-hybridized carbons (Fsp3) is 0.368. The van der Waals surface area contributed by atoms with Gasteiger partial charge in [-0.3, -0.25) is 0 Å². The van der Waals surface area contributed by atoms with Crippen molar-refractivity contribution in [3.8, 4) is 11.1 Å². The number of benzene rings is 1. The first-order valence-corrected chi connectivity index (χ1v) is 9.18. The van der Waals surface area contributed by atoms with Crippen molar-refractivity contribution < 1.29 is 34.4 Å². The molecule has 7 N–H and O–H groups in total. The van der Waals surface area contributed by atoms with Crippen LogP contribution in [0, 0.1) is 0 Å². The van der Waals surface area contributed by atoms with E-state index in [2.05, 4.69) is 10.3 Å². The molecule has 30 heavy (non-hydrogen) atoms. The topological polar surface area (TPSA) is 175 Å². The summed E-state index contributed by atoms with van der Waals surface area (Å²) in [6, 6.07) is 3.34. The number of aliphatic hydroxyl groups excluding tert-OH is 3. The lowest BCUT2D eigenvalue weighted by atomic mass is 9.92. The highest BCUT2D eigenvalue weighted by atomic mass is 35.5. The molecule has 10 nitrogen and oxygen atoms in total. The van der Waals surface area contributed by atoms with Gasteiger partial charge >= 0.3 is 12.1 Å². The molecule has 0 atom stereocenters. The van der Waals surface area contributed by atoms with E-state index in [4.69, 9.17) is 31.7 Å². The highest BCUT2D eigenvalue weighted by Crippen LogP contribution is 2.38. The van der Waals surface area contributed by atoms with Crippen molar-refractivity contribution in [1.29, 1.82) is 0 Å². The number of carbonyl (C=O) groups is 1. The third-order valence-electron chi connectivity index (χ3n) is 4.31. The number of aromatic nitrogens is 1. The Balaban J connectivity index is 0.00000141. The summed E-state index contributed by atoms with van der Waals surface area (Å²) in [4.78, 5) is 31.3. The molecule has 0 aliphatic heterocycles. The van der Waals surface area contributed by atoms with Crippen molar-refractivity contribution >= 4 is 23.7 Å². The number of methoxy groups -OCH3 is 1. The second-order valence-electron chi connectivity index (χ2n) is 5.91. The van der Waals surface area contributed by atoms with Crippen LogP contribution in [0.1, 0.15) is 32.9 Å². The quantitative estimate of drug-likeness (QED) is 0.232. The number of ether oxygens (including phenoxy) is 1. The average molecular weight is 442 g/mol. The second-order valence-corrected chi connectivity index (χ2v) is 6.29. The van der Waals surface area contributed by atoms with Crippen molar-refractivity contribution in [2.75, 3.05) is 20.2 Å². The van der Waals surface area contributed by atoms with Crippen molar-refractivity contribution in [1.82, 2.24) is 10.3 Å². The molecule has 1 aromatic carbocycles. The van der Waals surface area contributed by atoms with Crippen LogP contribution in [0.25, 0.3) is 11.1 Å². The molecule has 0 spiro atoms. The minimum atomic E-state index is -0.619. The number of rotatable bonds is 9. The van der Waals surface area contributed by atoms with Gasteiger partial charge in [-0.25, -0.2) is 4.79 Å². The maximum absolute atomic E-state index is 12.0. The summed E-state index contributed by atoms with van der Waals surface area (Å²) in [5, 5.41) is 32.4. The molecule has 1 aromatic heterocycles. The first-order chi connectivity index (χ1) is 14.4. The van der Waals surface area contributed by atoms with Crippen LogP contribution in [0.3, 0.4) is 0 Å². The van der Waals surface area contributed by atoms with Gasteiger partial charge in [0.2, 0.25) is 0 Å². The predicted molar refractivity (Wildman–Crippen MR) is 106 cm³/mol. The lowest BCUT2D eigenvalue weighted by Crippen LogP contribution is -2.22. The van der Waals surface area contributed by atoms with Gasteiger partial charge in [-0.1, -0.05) is 23.7 Å². The van der Waals surface area contributed by atoms with Crippen molar-refractivity contribution in [2.45, 2.75) is 26.4 Å². The number of esters is 1. The molecule has 11 heteroatoms. The molecule has 0 bridgehead atoms. The van der Waals surface area contributed by atoms with E-state index in [0.717, 1.165) is 0 Å². The van der Waals surface area contributed by atoms with Gasteiger partial charge in [-0.05, 0) is 22.3 Å². The Labute approximate surface area is 177 Å². The lowest BCUT2D eigenvalue weighted by molar-refractivity contribution is -0.191. The number of nitrogens with two attached hydrogens (primary N) is 1. The monoisotopic (exact) mass is 441 g/mol. The van der Waals surface area contributed by atoms with E-state index in [-0.39, 0.29) is 36.7 Å². The van der Waals surface area contributed by atoms with E-state index in [1.54, 1.807) is 12.1 Å². The third-order valence-corrected chi connectivity index (χ3v) is 4.69. The molecule has 2 rings (SSSR count). The normalized spacial score (nSPS) is 10.2. The summed E-state index contributed by atoms with van der Waals surface area (Å²) >= 11 is 6.47. The number of aromatic amines is 1. The zero-order valence-corrected chi connectivity index (χ0v) is 17.1. The molecule has 2 aromatic rings. The van der Waals surface area contributed by atoms with Crippen LogP contribution in [-0.4, -0.2) is 52.6 Å². The largest absolute Gasteiger partial charge is 0.464 e. The average Bonchev–Trinajstić information content (AvgIpc) is 3.08. The molecule has 1 heterocycles. The Bertz CT molecular complexity index is 893. The molecule has 0 radical (unpaired) electrons. The van der Waals surface area contributed by atoms with Crippen LogP contribution in [0.4, 0.5) is 0 Å². The molecular weight excluding hydrogens is 418 g/mol. The van der Waals surface area contributed by atoms with Crippen LogP contribution < -0.4 is 11.1 Å². The first-order valence-electron chi connectivity index (χ1n) is 8.80. The van der Waals surface area contributed by atoms with Crippen molar-refractivity contribution in [2.24, 2.45) is 5.73 Å². The Morgan fingerprint density at radius 2 is 1.83 bits per heavy atom. The summed E-state index contributed by atoms with van der Waals surface area (Å²) in [6.07, 6.45) is 0.250. The molecular formula is C19H24ClN3O7. The maximum atomic E-state index is 12.0. The number of carbonyl (C=O) groups excluding carboxylic acids is 3. The minimum absolute atomic E-state index is 0.0967. The highest BCUT2D eigenvalue weighted by molar-refractivity contribution is 6.36. The van der Waals surface area contributed by atoms with E-state index in [0.29, 0.717) is 53.1 Å². The summed E-state index contributed by atoms with van der Waals surface area (Å²) < 4.78 is 4.77. The molecule has 0 amide bonds. The van der Waals surface area contributed by atoms with Crippen LogP contribution >= 0.6 is 11.6 Å². The fourth-order valence-electron chi connectivity index (χ4n) is 3.00. The van der Waals surface area contributed by atoms with Crippen molar-refractivity contribution in [3.05, 3.63) is 45.2 Å². The SMILES string of the molecule is COC(=O)c1[nH]c(CNCCN)c(-c2ccc(CO)c(CO)c2CO)c1Cl.O=C=O. The van der Waals surface area contributed by atoms with Crippen molar-refractivity contribution in [3.63, 3.8) is 0 Å². The van der Waals surface area contributed by atoms with E-state index in [1.165, 1.54) is 7.11 Å². The van der Waals surface area contributed by atoms with E-state index >= 15 is 0 Å². The second kappa shape index (κ2) is 12.9. The Kier molecular flexibility index (Phi) is 10.9. The van der Waals surface area contributed by atoms with Gasteiger partial charge in [0.15, 0.2) is 0 Å². The molecule has 0 fully saturated rings. The lowest BCUT2D eigenvalue weighted by Gasteiger charge is -2.16. The van der Waals surface area contributed by atoms with E-state index in [1.807, 2.05) is 0 Å². The van der Waals surface area contributed by atoms with Gasteiger partial charge < -0.3 is 36.1 Å². The molecule has 164 valence electrons. The predicted octanol–water partition coefficient (Wildman–Crippen LogP) is 0.0634. The van der Waals surface area contributed by atoms with Crippen LogP contribution in [0.2, 0.25) is 5.02 Å². The Hall–Kier alpha value is -2.56. The van der Waals surface area contributed by atoms with E-state index < -0.39 is 5.97 Å².